The number of nitrogens with one attached hydrogen (secondary N) is 2. The monoisotopic (exact) mass is 394 g/mol. The van der Waals surface area contributed by atoms with E-state index in [9.17, 15) is 8.78 Å². The lowest BCUT2D eigenvalue weighted by atomic mass is 10.1. The molecule has 2 aromatic heterocycles. The molecular formula is C23H22F2N3O+. The van der Waals surface area contributed by atoms with Crippen LogP contribution in [-0.4, -0.2) is 48.7 Å². The fourth-order valence-electron chi connectivity index (χ4n) is 3.86. The summed E-state index contributed by atoms with van der Waals surface area (Å²) in [7, 11) is 6.32. The van der Waals surface area contributed by atoms with Crippen molar-refractivity contribution in [2.45, 2.75) is 0 Å². The Balaban J connectivity index is 1.82. The molecule has 0 bridgehead atoms. The third-order valence-electron chi connectivity index (χ3n) is 5.35. The predicted molar refractivity (Wildman–Crippen MR) is 113 cm³/mol. The van der Waals surface area contributed by atoms with E-state index in [2.05, 4.69) is 31.1 Å². The van der Waals surface area contributed by atoms with Crippen molar-refractivity contribution in [2.75, 3.05) is 34.3 Å². The molecule has 0 unspecified atom stereocenters. The van der Waals surface area contributed by atoms with Crippen molar-refractivity contribution < 1.29 is 18.0 Å². The third-order valence-corrected chi connectivity index (χ3v) is 5.35. The normalized spacial score (nSPS) is 12.6. The number of hydrogen-bond acceptors (Lipinski definition) is 1. The van der Waals surface area contributed by atoms with Crippen LogP contribution in [0.2, 0.25) is 0 Å². The second-order valence-electron chi connectivity index (χ2n) is 8.54. The van der Waals surface area contributed by atoms with Gasteiger partial charge in [-0.05, 0) is 42.5 Å². The summed E-state index contributed by atoms with van der Waals surface area (Å²) in [5.74, 6) is 0.0890. The van der Waals surface area contributed by atoms with Crippen molar-refractivity contribution in [3.8, 4) is 5.75 Å². The first kappa shape index (κ1) is 17.9. The molecular weight excluding hydrogens is 372 g/mol. The van der Waals surface area contributed by atoms with E-state index in [0.717, 1.165) is 54.6 Å². The number of fused-ring (bicyclic) bond motifs is 6. The predicted octanol–water partition coefficient (Wildman–Crippen LogP) is 5.32. The Bertz CT molecular complexity index is 1300. The Kier molecular flexibility index (Phi) is 3.83. The molecule has 6 heteroatoms. The van der Waals surface area contributed by atoms with Gasteiger partial charge in [-0.1, -0.05) is 0 Å². The fraction of sp³-hybridized carbons (Fsp3) is 0.217. The molecule has 0 amide bonds. The number of H-pyrrole nitrogens is 2. The van der Waals surface area contributed by atoms with E-state index in [4.69, 9.17) is 4.74 Å². The summed E-state index contributed by atoms with van der Waals surface area (Å²) < 4.78 is 34.9. The number of rotatable bonds is 4. The van der Waals surface area contributed by atoms with Crippen LogP contribution in [0.4, 0.5) is 8.78 Å². The number of aromatic nitrogens is 2. The summed E-state index contributed by atoms with van der Waals surface area (Å²) in [6, 6.07) is 11.3. The molecule has 148 valence electrons. The van der Waals surface area contributed by atoms with Crippen LogP contribution in [0.1, 0.15) is 0 Å². The molecule has 0 aliphatic rings. The minimum Gasteiger partial charge on any atom is -0.483 e. The van der Waals surface area contributed by atoms with E-state index < -0.39 is 0 Å². The van der Waals surface area contributed by atoms with Gasteiger partial charge >= 0.3 is 0 Å². The van der Waals surface area contributed by atoms with E-state index in [1.807, 2.05) is 6.07 Å². The van der Waals surface area contributed by atoms with Gasteiger partial charge in [0.2, 0.25) is 0 Å². The molecule has 2 heterocycles. The summed E-state index contributed by atoms with van der Waals surface area (Å²) in [5.41, 5.74) is 3.29. The van der Waals surface area contributed by atoms with E-state index in [0.29, 0.717) is 12.4 Å². The standard InChI is InChI=1S/C23H22F2N3O/c1-28(2,3)8-9-29-23-21-17(15-10-13(24)4-6-19(15)26-21)12-18-16-11-14(25)5-7-20(16)27-22(18)23/h4-7,10-12,26-27H,8-9H2,1-3H3/q+1. The van der Waals surface area contributed by atoms with Gasteiger partial charge < -0.3 is 19.2 Å². The molecule has 0 spiro atoms. The van der Waals surface area contributed by atoms with Gasteiger partial charge in [-0.2, -0.15) is 0 Å². The van der Waals surface area contributed by atoms with E-state index in [1.165, 1.54) is 24.3 Å². The van der Waals surface area contributed by atoms with Gasteiger partial charge in [-0.3, -0.25) is 0 Å². The Labute approximate surface area is 166 Å². The van der Waals surface area contributed by atoms with Crippen molar-refractivity contribution in [1.29, 1.82) is 0 Å². The van der Waals surface area contributed by atoms with Crippen LogP contribution in [0.25, 0.3) is 43.6 Å². The molecule has 0 atom stereocenters. The second-order valence-corrected chi connectivity index (χ2v) is 8.54. The second kappa shape index (κ2) is 6.19. The summed E-state index contributed by atoms with van der Waals surface area (Å²) in [5, 5.41) is 3.28. The van der Waals surface area contributed by atoms with Gasteiger partial charge in [0.05, 0.1) is 32.2 Å². The highest BCUT2D eigenvalue weighted by Gasteiger charge is 2.19. The molecule has 29 heavy (non-hydrogen) atoms. The highest BCUT2D eigenvalue weighted by Crippen LogP contribution is 2.41. The lowest BCUT2D eigenvalue weighted by Crippen LogP contribution is -2.38. The first-order valence-electron chi connectivity index (χ1n) is 9.58. The quantitative estimate of drug-likeness (QED) is 0.398. The minimum absolute atomic E-state index is 0.295. The number of ether oxygens (including phenoxy) is 1. The van der Waals surface area contributed by atoms with Crippen LogP contribution in [0, 0.1) is 11.6 Å². The van der Waals surface area contributed by atoms with Crippen LogP contribution in [0.15, 0.2) is 42.5 Å². The largest absolute Gasteiger partial charge is 0.483 e. The number of likely N-dealkylation sites (N-methyl/N-ethyl adjacent to an activating group) is 1. The average molecular weight is 394 g/mol. The molecule has 5 aromatic rings. The summed E-state index contributed by atoms with van der Waals surface area (Å²) in [4.78, 5) is 6.76. The third kappa shape index (κ3) is 3.00. The van der Waals surface area contributed by atoms with Gasteiger partial charge in [0.25, 0.3) is 0 Å². The molecule has 0 aliphatic heterocycles. The Hall–Kier alpha value is -3.12. The van der Waals surface area contributed by atoms with Crippen molar-refractivity contribution in [3.63, 3.8) is 0 Å². The van der Waals surface area contributed by atoms with Gasteiger partial charge in [0, 0.05) is 32.6 Å². The van der Waals surface area contributed by atoms with Crippen LogP contribution in [0.3, 0.4) is 0 Å². The molecule has 4 nitrogen and oxygen atoms in total. The smallest absolute Gasteiger partial charge is 0.167 e. The molecule has 0 saturated carbocycles. The average Bonchev–Trinajstić information content (AvgIpc) is 3.18. The van der Waals surface area contributed by atoms with Gasteiger partial charge in [-0.15, -0.1) is 0 Å². The SMILES string of the molecule is C[N+](C)(C)CCOc1c2[nH]c3ccc(F)cc3c2cc2c1[nH]c1ccc(F)cc12. The maximum atomic E-state index is 13.9. The van der Waals surface area contributed by atoms with Crippen molar-refractivity contribution in [3.05, 3.63) is 54.1 Å². The Morgan fingerprint density at radius 3 is 1.76 bits per heavy atom. The summed E-state index contributed by atoms with van der Waals surface area (Å²) >= 11 is 0. The van der Waals surface area contributed by atoms with E-state index >= 15 is 0 Å². The van der Waals surface area contributed by atoms with Crippen molar-refractivity contribution in [2.24, 2.45) is 0 Å². The van der Waals surface area contributed by atoms with Gasteiger partial charge in [-0.25, -0.2) is 8.78 Å². The first-order chi connectivity index (χ1) is 13.8. The number of hydrogen-bond donors (Lipinski definition) is 2. The van der Waals surface area contributed by atoms with Crippen molar-refractivity contribution in [1.82, 2.24) is 9.97 Å². The number of aromatic amines is 2. The molecule has 0 fully saturated rings. The van der Waals surface area contributed by atoms with E-state index in [1.54, 1.807) is 12.1 Å². The first-order valence-corrected chi connectivity index (χ1v) is 9.58. The minimum atomic E-state index is -0.295. The zero-order valence-corrected chi connectivity index (χ0v) is 16.6. The molecule has 5 rings (SSSR count). The van der Waals surface area contributed by atoms with Crippen LogP contribution >= 0.6 is 0 Å². The lowest BCUT2D eigenvalue weighted by molar-refractivity contribution is -0.870. The zero-order chi connectivity index (χ0) is 20.3. The van der Waals surface area contributed by atoms with Crippen molar-refractivity contribution >= 4 is 43.6 Å². The topological polar surface area (TPSA) is 40.8 Å². The Morgan fingerprint density at radius 1 is 0.759 bits per heavy atom. The molecule has 0 saturated heterocycles. The molecule has 3 aromatic carbocycles. The highest BCUT2D eigenvalue weighted by molar-refractivity contribution is 6.20. The van der Waals surface area contributed by atoms with Crippen LogP contribution in [0.5, 0.6) is 5.75 Å². The van der Waals surface area contributed by atoms with Gasteiger partial charge in [0.15, 0.2) is 5.75 Å². The van der Waals surface area contributed by atoms with Crippen LogP contribution in [-0.2, 0) is 0 Å². The highest BCUT2D eigenvalue weighted by atomic mass is 19.1. The summed E-state index contributed by atoms with van der Waals surface area (Å²) in [6.07, 6.45) is 0. The fourth-order valence-corrected chi connectivity index (χ4v) is 3.86. The number of nitrogens with zero attached hydrogens (tertiary/aromatic N) is 1. The number of quaternary nitrogens is 1. The molecule has 0 radical (unpaired) electrons. The zero-order valence-electron chi connectivity index (χ0n) is 16.6. The van der Waals surface area contributed by atoms with Gasteiger partial charge in [0.1, 0.15) is 24.8 Å². The maximum absolute atomic E-state index is 13.9. The van der Waals surface area contributed by atoms with E-state index in [-0.39, 0.29) is 11.6 Å². The Morgan fingerprint density at radius 2 is 1.28 bits per heavy atom. The lowest BCUT2D eigenvalue weighted by Gasteiger charge is -2.23. The summed E-state index contributed by atoms with van der Waals surface area (Å²) in [6.45, 7) is 1.34. The molecule has 0 aliphatic carbocycles. The molecule has 2 N–H and O–H groups in total. The van der Waals surface area contributed by atoms with Crippen LogP contribution < -0.4 is 4.74 Å². The number of halogens is 2. The maximum Gasteiger partial charge on any atom is 0.167 e. The number of benzene rings is 3.